The van der Waals surface area contributed by atoms with E-state index in [1.807, 2.05) is 36.4 Å². The van der Waals surface area contributed by atoms with E-state index in [1.165, 1.54) is 6.08 Å². The summed E-state index contributed by atoms with van der Waals surface area (Å²) >= 11 is 0. The van der Waals surface area contributed by atoms with Crippen molar-refractivity contribution >= 4 is 28.4 Å². The maximum Gasteiger partial charge on any atom is 0.262 e. The van der Waals surface area contributed by atoms with Gasteiger partial charge in [-0.2, -0.15) is 5.26 Å². The van der Waals surface area contributed by atoms with E-state index >= 15 is 0 Å². The number of fused-ring (bicyclic) bond motifs is 1. The molecule has 1 saturated heterocycles. The maximum absolute atomic E-state index is 12.1. The number of aliphatic hydroxyl groups is 2. The SMILES string of the molecule is N#CC(=Cc1ccc2cc(NCCN3CCOCC3)ccc2c1)C(=O)NCC(O)CO. The van der Waals surface area contributed by atoms with Gasteiger partial charge in [0.15, 0.2) is 0 Å². The number of rotatable bonds is 9. The van der Waals surface area contributed by atoms with Gasteiger partial charge in [0.2, 0.25) is 0 Å². The van der Waals surface area contributed by atoms with Crippen molar-refractivity contribution in [1.82, 2.24) is 10.2 Å². The van der Waals surface area contributed by atoms with Gasteiger partial charge in [-0.05, 0) is 40.6 Å². The number of carbonyl (C=O) groups excluding carboxylic acids is 1. The van der Waals surface area contributed by atoms with Gasteiger partial charge < -0.3 is 25.6 Å². The lowest BCUT2D eigenvalue weighted by molar-refractivity contribution is -0.117. The highest BCUT2D eigenvalue weighted by Gasteiger charge is 2.12. The van der Waals surface area contributed by atoms with E-state index in [2.05, 4.69) is 21.6 Å². The first-order valence-corrected chi connectivity index (χ1v) is 10.4. The van der Waals surface area contributed by atoms with Crippen LogP contribution in [-0.2, 0) is 9.53 Å². The number of ether oxygens (including phenoxy) is 1. The largest absolute Gasteiger partial charge is 0.394 e. The third-order valence-electron chi connectivity index (χ3n) is 5.11. The number of amides is 1. The number of hydrogen-bond donors (Lipinski definition) is 4. The Morgan fingerprint density at radius 3 is 2.71 bits per heavy atom. The van der Waals surface area contributed by atoms with Crippen LogP contribution in [-0.4, -0.2) is 79.7 Å². The molecular weight excluding hydrogens is 396 g/mol. The summed E-state index contributed by atoms with van der Waals surface area (Å²) in [5.41, 5.74) is 1.71. The van der Waals surface area contributed by atoms with Gasteiger partial charge in [-0.25, -0.2) is 0 Å². The summed E-state index contributed by atoms with van der Waals surface area (Å²) < 4.78 is 5.37. The van der Waals surface area contributed by atoms with Crippen LogP contribution >= 0.6 is 0 Å². The molecule has 2 aromatic rings. The summed E-state index contributed by atoms with van der Waals surface area (Å²) in [6.45, 7) is 4.80. The summed E-state index contributed by atoms with van der Waals surface area (Å²) in [6, 6.07) is 13.7. The van der Waals surface area contributed by atoms with Crippen molar-refractivity contribution in [2.75, 3.05) is 57.9 Å². The number of hydrogen-bond acceptors (Lipinski definition) is 7. The molecule has 164 valence electrons. The van der Waals surface area contributed by atoms with Crippen LogP contribution in [0, 0.1) is 11.3 Å². The lowest BCUT2D eigenvalue weighted by atomic mass is 10.0. The average molecular weight is 425 g/mol. The van der Waals surface area contributed by atoms with E-state index in [0.717, 1.165) is 61.4 Å². The lowest BCUT2D eigenvalue weighted by Crippen LogP contribution is -2.38. The van der Waals surface area contributed by atoms with Crippen molar-refractivity contribution in [3.05, 3.63) is 47.5 Å². The fourth-order valence-corrected chi connectivity index (χ4v) is 3.33. The van der Waals surface area contributed by atoms with E-state index in [1.54, 1.807) is 0 Å². The van der Waals surface area contributed by atoms with Gasteiger partial charge in [0.25, 0.3) is 5.91 Å². The molecule has 8 nitrogen and oxygen atoms in total. The number of morpholine rings is 1. The van der Waals surface area contributed by atoms with Crippen LogP contribution in [0.1, 0.15) is 5.56 Å². The number of nitrogens with zero attached hydrogens (tertiary/aromatic N) is 2. The molecule has 0 aromatic heterocycles. The summed E-state index contributed by atoms with van der Waals surface area (Å²) in [5.74, 6) is -0.588. The minimum Gasteiger partial charge on any atom is -0.394 e. The number of anilines is 1. The first kappa shape index (κ1) is 22.7. The minimum atomic E-state index is -1.05. The first-order valence-electron chi connectivity index (χ1n) is 10.4. The molecule has 0 aliphatic carbocycles. The average Bonchev–Trinajstić information content (AvgIpc) is 2.81. The third kappa shape index (κ3) is 6.77. The van der Waals surface area contributed by atoms with Gasteiger partial charge in [0.05, 0.1) is 25.9 Å². The number of benzene rings is 2. The summed E-state index contributed by atoms with van der Waals surface area (Å²) in [5, 5.41) is 35.4. The van der Waals surface area contributed by atoms with Crippen LogP contribution in [0.5, 0.6) is 0 Å². The third-order valence-corrected chi connectivity index (χ3v) is 5.11. The normalized spacial score (nSPS) is 16.0. The summed E-state index contributed by atoms with van der Waals surface area (Å²) in [4.78, 5) is 14.5. The molecule has 0 radical (unpaired) electrons. The van der Waals surface area contributed by atoms with Gasteiger partial charge in [-0.15, -0.1) is 0 Å². The van der Waals surface area contributed by atoms with Crippen molar-refractivity contribution in [1.29, 1.82) is 5.26 Å². The Bertz CT molecular complexity index is 964. The van der Waals surface area contributed by atoms with E-state index in [4.69, 9.17) is 9.84 Å². The second-order valence-electron chi connectivity index (χ2n) is 7.42. The van der Waals surface area contributed by atoms with Crippen LogP contribution < -0.4 is 10.6 Å². The molecule has 1 unspecified atom stereocenters. The molecule has 1 fully saturated rings. The van der Waals surface area contributed by atoms with Crippen molar-refractivity contribution in [3.8, 4) is 6.07 Å². The molecule has 0 bridgehead atoms. The van der Waals surface area contributed by atoms with Gasteiger partial charge in [-0.3, -0.25) is 9.69 Å². The van der Waals surface area contributed by atoms with Gasteiger partial charge in [-0.1, -0.05) is 18.2 Å². The number of carbonyl (C=O) groups is 1. The van der Waals surface area contributed by atoms with Crippen LogP contribution in [0.3, 0.4) is 0 Å². The molecule has 1 aliphatic rings. The molecule has 0 spiro atoms. The zero-order valence-electron chi connectivity index (χ0n) is 17.4. The minimum absolute atomic E-state index is 0.0640. The Hall–Kier alpha value is -2.96. The van der Waals surface area contributed by atoms with E-state index < -0.39 is 18.6 Å². The summed E-state index contributed by atoms with van der Waals surface area (Å²) in [7, 11) is 0. The molecule has 1 aliphatic heterocycles. The molecule has 4 N–H and O–H groups in total. The fourth-order valence-electron chi connectivity index (χ4n) is 3.33. The number of nitriles is 1. The van der Waals surface area contributed by atoms with E-state index in [0.29, 0.717) is 0 Å². The Labute approximate surface area is 181 Å². The van der Waals surface area contributed by atoms with Crippen LogP contribution in [0.25, 0.3) is 16.8 Å². The maximum atomic E-state index is 12.1. The Balaban J connectivity index is 1.62. The molecular formula is C23H28N4O4. The topological polar surface area (TPSA) is 118 Å². The molecule has 0 saturated carbocycles. The zero-order valence-corrected chi connectivity index (χ0v) is 17.4. The quantitative estimate of drug-likeness (QED) is 0.350. The second-order valence-corrected chi connectivity index (χ2v) is 7.42. The predicted molar refractivity (Wildman–Crippen MR) is 119 cm³/mol. The molecule has 31 heavy (non-hydrogen) atoms. The molecule has 1 heterocycles. The smallest absolute Gasteiger partial charge is 0.262 e. The first-order chi connectivity index (χ1) is 15.1. The van der Waals surface area contributed by atoms with Crippen LogP contribution in [0.15, 0.2) is 42.0 Å². The van der Waals surface area contributed by atoms with Crippen LogP contribution in [0.2, 0.25) is 0 Å². The highest BCUT2D eigenvalue weighted by atomic mass is 16.5. The van der Waals surface area contributed by atoms with Crippen molar-refractivity contribution in [2.24, 2.45) is 0 Å². The summed E-state index contributed by atoms with van der Waals surface area (Å²) in [6.07, 6.45) is 0.454. The van der Waals surface area contributed by atoms with Gasteiger partial charge in [0.1, 0.15) is 11.6 Å². The fraction of sp³-hybridized carbons (Fsp3) is 0.391. The van der Waals surface area contributed by atoms with Crippen LogP contribution in [0.4, 0.5) is 5.69 Å². The van der Waals surface area contributed by atoms with Gasteiger partial charge >= 0.3 is 0 Å². The number of nitrogens with one attached hydrogen (secondary N) is 2. The Morgan fingerprint density at radius 1 is 1.23 bits per heavy atom. The van der Waals surface area contributed by atoms with Crippen molar-refractivity contribution in [3.63, 3.8) is 0 Å². The molecule has 1 atom stereocenters. The predicted octanol–water partition coefficient (Wildman–Crippen LogP) is 0.960. The molecule has 3 rings (SSSR count). The van der Waals surface area contributed by atoms with Crippen molar-refractivity contribution in [2.45, 2.75) is 6.10 Å². The van der Waals surface area contributed by atoms with E-state index in [9.17, 15) is 15.2 Å². The molecule has 1 amide bonds. The monoisotopic (exact) mass is 424 g/mol. The van der Waals surface area contributed by atoms with Crippen molar-refractivity contribution < 1.29 is 19.7 Å². The zero-order chi connectivity index (χ0) is 22.1. The Kier molecular flexibility index (Phi) is 8.38. The lowest BCUT2D eigenvalue weighted by Gasteiger charge is -2.26. The Morgan fingerprint density at radius 2 is 1.97 bits per heavy atom. The second kappa shape index (κ2) is 11.4. The molecule has 2 aromatic carbocycles. The highest BCUT2D eigenvalue weighted by Crippen LogP contribution is 2.22. The standard InChI is InChI=1S/C23H28N4O4/c24-14-20(23(30)26-15-22(29)16-28)12-17-1-2-19-13-21(4-3-18(19)11-17)25-5-6-27-7-9-31-10-8-27/h1-4,11-13,22,25,28-29H,5-10,15-16H2,(H,26,30). The van der Waals surface area contributed by atoms with E-state index in [-0.39, 0.29) is 12.1 Å². The molecule has 8 heteroatoms. The van der Waals surface area contributed by atoms with Gasteiger partial charge in [0, 0.05) is 38.4 Å². The highest BCUT2D eigenvalue weighted by molar-refractivity contribution is 6.02. The number of aliphatic hydroxyl groups excluding tert-OH is 2.